The Bertz CT molecular complexity index is 424. The number of carboxylic acid groups (broad SMARTS) is 1. The number of nitrogens with zero attached hydrogens (tertiary/aromatic N) is 1. The lowest BCUT2D eigenvalue weighted by atomic mass is 9.92. The number of aliphatic carboxylic acids is 1. The van der Waals surface area contributed by atoms with E-state index in [1.165, 1.54) is 0 Å². The standard InChI is InChI=1S/C13H26N2O4S/c1-4-5-14-13(3,12(16)17)10-11(2)15-6-8-20(18,19)9-7-15/h11,14H,4-10H2,1-3H3,(H,16,17). The largest absolute Gasteiger partial charge is 0.480 e. The fraction of sp³-hybridized carbons (Fsp3) is 0.923. The van der Waals surface area contributed by atoms with Crippen molar-refractivity contribution in [3.05, 3.63) is 0 Å². The van der Waals surface area contributed by atoms with E-state index < -0.39 is 21.3 Å². The molecule has 1 rings (SSSR count). The molecule has 20 heavy (non-hydrogen) atoms. The number of carbonyl (C=O) groups is 1. The van der Waals surface area contributed by atoms with Crippen molar-refractivity contribution in [1.82, 2.24) is 10.2 Å². The average molecular weight is 306 g/mol. The van der Waals surface area contributed by atoms with Gasteiger partial charge in [-0.25, -0.2) is 8.42 Å². The number of hydrogen-bond donors (Lipinski definition) is 2. The molecule has 7 heteroatoms. The maximum Gasteiger partial charge on any atom is 0.323 e. The molecule has 1 fully saturated rings. The highest BCUT2D eigenvalue weighted by Gasteiger charge is 2.36. The highest BCUT2D eigenvalue weighted by Crippen LogP contribution is 2.19. The Morgan fingerprint density at radius 3 is 2.40 bits per heavy atom. The summed E-state index contributed by atoms with van der Waals surface area (Å²) in [6, 6.07) is 0.0379. The van der Waals surface area contributed by atoms with Crippen molar-refractivity contribution < 1.29 is 18.3 Å². The molecule has 6 nitrogen and oxygen atoms in total. The quantitative estimate of drug-likeness (QED) is 0.705. The van der Waals surface area contributed by atoms with E-state index in [2.05, 4.69) is 10.2 Å². The Morgan fingerprint density at radius 2 is 1.95 bits per heavy atom. The van der Waals surface area contributed by atoms with Crippen LogP contribution in [0.15, 0.2) is 0 Å². The Kier molecular flexibility index (Phi) is 5.97. The normalized spacial score (nSPS) is 23.9. The van der Waals surface area contributed by atoms with E-state index in [9.17, 15) is 18.3 Å². The van der Waals surface area contributed by atoms with E-state index in [1.54, 1.807) is 6.92 Å². The third kappa shape index (κ3) is 4.71. The summed E-state index contributed by atoms with van der Waals surface area (Å²) in [5, 5.41) is 12.5. The van der Waals surface area contributed by atoms with Crippen molar-refractivity contribution in [2.45, 2.75) is 45.2 Å². The Hall–Kier alpha value is -0.660. The smallest absolute Gasteiger partial charge is 0.323 e. The second-order valence-electron chi connectivity index (χ2n) is 5.80. The van der Waals surface area contributed by atoms with Crippen LogP contribution in [-0.4, -0.2) is 67.1 Å². The minimum Gasteiger partial charge on any atom is -0.480 e. The molecule has 118 valence electrons. The molecule has 2 atom stereocenters. The summed E-state index contributed by atoms with van der Waals surface area (Å²) in [7, 11) is -2.90. The average Bonchev–Trinajstić information content (AvgIpc) is 2.35. The van der Waals surface area contributed by atoms with Crippen molar-refractivity contribution in [3.8, 4) is 0 Å². The molecule has 1 aliphatic rings. The molecule has 0 amide bonds. The molecule has 0 bridgehead atoms. The van der Waals surface area contributed by atoms with Gasteiger partial charge < -0.3 is 10.4 Å². The minimum atomic E-state index is -2.90. The minimum absolute atomic E-state index is 0.0379. The monoisotopic (exact) mass is 306 g/mol. The Morgan fingerprint density at radius 1 is 1.40 bits per heavy atom. The molecular formula is C13H26N2O4S. The van der Waals surface area contributed by atoms with Gasteiger partial charge in [0.1, 0.15) is 5.54 Å². The van der Waals surface area contributed by atoms with Gasteiger partial charge >= 0.3 is 5.97 Å². The van der Waals surface area contributed by atoms with E-state index in [0.29, 0.717) is 26.1 Å². The molecule has 0 radical (unpaired) electrons. The molecule has 0 aromatic carbocycles. The summed E-state index contributed by atoms with van der Waals surface area (Å²) in [5.74, 6) is -0.519. The third-order valence-corrected chi connectivity index (χ3v) is 5.55. The van der Waals surface area contributed by atoms with Gasteiger partial charge in [-0.1, -0.05) is 6.92 Å². The van der Waals surface area contributed by atoms with Crippen LogP contribution in [0.3, 0.4) is 0 Å². The van der Waals surface area contributed by atoms with Gasteiger partial charge in [0.15, 0.2) is 9.84 Å². The predicted molar refractivity (Wildman–Crippen MR) is 78.6 cm³/mol. The van der Waals surface area contributed by atoms with Crippen molar-refractivity contribution >= 4 is 15.8 Å². The fourth-order valence-corrected chi connectivity index (χ4v) is 3.75. The molecule has 2 unspecified atom stereocenters. The van der Waals surface area contributed by atoms with Crippen LogP contribution in [0.5, 0.6) is 0 Å². The molecule has 0 aromatic heterocycles. The molecule has 0 aliphatic carbocycles. The van der Waals surface area contributed by atoms with Crippen LogP contribution in [0.4, 0.5) is 0 Å². The molecule has 0 aromatic rings. The second-order valence-corrected chi connectivity index (χ2v) is 8.11. The van der Waals surface area contributed by atoms with Crippen LogP contribution in [0.1, 0.15) is 33.6 Å². The molecule has 2 N–H and O–H groups in total. The summed E-state index contributed by atoms with van der Waals surface area (Å²) in [6.45, 7) is 7.30. The number of nitrogens with one attached hydrogen (secondary N) is 1. The fourth-order valence-electron chi connectivity index (χ4n) is 2.52. The zero-order chi connectivity index (χ0) is 15.4. The van der Waals surface area contributed by atoms with Gasteiger partial charge in [0.2, 0.25) is 0 Å². The van der Waals surface area contributed by atoms with E-state index in [-0.39, 0.29) is 17.5 Å². The number of rotatable bonds is 7. The topological polar surface area (TPSA) is 86.7 Å². The van der Waals surface area contributed by atoms with Gasteiger partial charge in [0.05, 0.1) is 11.5 Å². The van der Waals surface area contributed by atoms with E-state index in [0.717, 1.165) is 6.42 Å². The van der Waals surface area contributed by atoms with E-state index in [4.69, 9.17) is 0 Å². The van der Waals surface area contributed by atoms with Crippen molar-refractivity contribution in [1.29, 1.82) is 0 Å². The predicted octanol–water partition coefficient (Wildman–Crippen LogP) is 0.338. The first-order chi connectivity index (χ1) is 9.20. The van der Waals surface area contributed by atoms with Gasteiger partial charge in [-0.3, -0.25) is 9.69 Å². The van der Waals surface area contributed by atoms with Crippen LogP contribution in [0, 0.1) is 0 Å². The first-order valence-electron chi connectivity index (χ1n) is 7.13. The number of sulfone groups is 1. The van der Waals surface area contributed by atoms with Gasteiger partial charge in [0, 0.05) is 19.1 Å². The van der Waals surface area contributed by atoms with E-state index >= 15 is 0 Å². The van der Waals surface area contributed by atoms with Gasteiger partial charge in [-0.2, -0.15) is 0 Å². The van der Waals surface area contributed by atoms with E-state index in [1.807, 2.05) is 13.8 Å². The first-order valence-corrected chi connectivity index (χ1v) is 8.95. The zero-order valence-electron chi connectivity index (χ0n) is 12.6. The number of carboxylic acids is 1. The highest BCUT2D eigenvalue weighted by molar-refractivity contribution is 7.91. The summed E-state index contributed by atoms with van der Waals surface area (Å²) in [5.41, 5.74) is -0.967. The molecule has 0 saturated carbocycles. The SMILES string of the molecule is CCCNC(C)(CC(C)N1CCS(=O)(=O)CC1)C(=O)O. The lowest BCUT2D eigenvalue weighted by molar-refractivity contribution is -0.145. The summed E-state index contributed by atoms with van der Waals surface area (Å²) in [4.78, 5) is 13.5. The highest BCUT2D eigenvalue weighted by atomic mass is 32.2. The molecule has 1 heterocycles. The summed E-state index contributed by atoms with van der Waals surface area (Å²) >= 11 is 0. The van der Waals surface area contributed by atoms with Gasteiger partial charge in [-0.15, -0.1) is 0 Å². The lowest BCUT2D eigenvalue weighted by Crippen LogP contribution is -2.55. The van der Waals surface area contributed by atoms with Crippen LogP contribution >= 0.6 is 0 Å². The first kappa shape index (κ1) is 17.4. The van der Waals surface area contributed by atoms with Gasteiger partial charge in [-0.05, 0) is 33.2 Å². The zero-order valence-corrected chi connectivity index (χ0v) is 13.4. The second kappa shape index (κ2) is 6.87. The van der Waals surface area contributed by atoms with Crippen molar-refractivity contribution in [2.24, 2.45) is 0 Å². The molecule has 1 saturated heterocycles. The van der Waals surface area contributed by atoms with Gasteiger partial charge in [0.25, 0.3) is 0 Å². The third-order valence-electron chi connectivity index (χ3n) is 3.94. The molecular weight excluding hydrogens is 280 g/mol. The molecule has 1 aliphatic heterocycles. The van der Waals surface area contributed by atoms with Crippen molar-refractivity contribution in [2.75, 3.05) is 31.1 Å². The maximum atomic E-state index is 11.5. The lowest BCUT2D eigenvalue weighted by Gasteiger charge is -2.37. The summed E-state index contributed by atoms with van der Waals surface area (Å²) < 4.78 is 22.8. The Balaban J connectivity index is 2.62. The van der Waals surface area contributed by atoms with Crippen molar-refractivity contribution in [3.63, 3.8) is 0 Å². The Labute approximate surface area is 121 Å². The summed E-state index contributed by atoms with van der Waals surface area (Å²) in [6.07, 6.45) is 1.33. The molecule has 0 spiro atoms. The van der Waals surface area contributed by atoms with Crippen LogP contribution in [0.2, 0.25) is 0 Å². The maximum absolute atomic E-state index is 11.5. The van der Waals surface area contributed by atoms with Crippen LogP contribution in [0.25, 0.3) is 0 Å². The van der Waals surface area contributed by atoms with Crippen LogP contribution < -0.4 is 5.32 Å². The number of hydrogen-bond acceptors (Lipinski definition) is 5. The van der Waals surface area contributed by atoms with Crippen LogP contribution in [-0.2, 0) is 14.6 Å².